The summed E-state index contributed by atoms with van der Waals surface area (Å²) < 4.78 is 0. The van der Waals surface area contributed by atoms with Crippen LogP contribution in [-0.4, -0.2) is 31.6 Å². The summed E-state index contributed by atoms with van der Waals surface area (Å²) in [7, 11) is 4.28. The molecule has 0 aromatic heterocycles. The normalized spacial score (nSPS) is 15.4. The maximum Gasteiger partial charge on any atom is 0.0472 e. The van der Waals surface area contributed by atoms with Crippen molar-refractivity contribution in [1.82, 2.24) is 10.2 Å². The van der Waals surface area contributed by atoms with Crippen molar-refractivity contribution in [3.8, 4) is 0 Å². The van der Waals surface area contributed by atoms with E-state index in [0.29, 0.717) is 17.5 Å². The van der Waals surface area contributed by atoms with Gasteiger partial charge >= 0.3 is 0 Å². The third kappa shape index (κ3) is 4.92. The fourth-order valence-electron chi connectivity index (χ4n) is 2.79. The number of benzene rings is 1. The minimum atomic E-state index is 0.327. The monoisotopic (exact) mass is 276 g/mol. The molecule has 1 aromatic rings. The van der Waals surface area contributed by atoms with E-state index in [1.807, 2.05) is 0 Å². The summed E-state index contributed by atoms with van der Waals surface area (Å²) in [5.74, 6) is 0. The van der Waals surface area contributed by atoms with Gasteiger partial charge in [0.25, 0.3) is 0 Å². The van der Waals surface area contributed by atoms with Crippen molar-refractivity contribution in [3.63, 3.8) is 0 Å². The van der Waals surface area contributed by atoms with Crippen LogP contribution in [-0.2, 0) is 6.42 Å². The van der Waals surface area contributed by atoms with Crippen LogP contribution < -0.4 is 5.32 Å². The first-order chi connectivity index (χ1) is 9.28. The molecule has 0 aliphatic carbocycles. The lowest BCUT2D eigenvalue weighted by atomic mass is 9.93. The Morgan fingerprint density at radius 1 is 1.15 bits per heavy atom. The van der Waals surface area contributed by atoms with Gasteiger partial charge in [0, 0.05) is 18.6 Å². The molecule has 2 nitrogen and oxygen atoms in total. The summed E-state index contributed by atoms with van der Waals surface area (Å²) in [5, 5.41) is 3.48. The predicted octanol–water partition coefficient (Wildman–Crippen LogP) is 3.88. The molecule has 0 saturated carbocycles. The topological polar surface area (TPSA) is 15.3 Å². The lowest BCUT2D eigenvalue weighted by molar-refractivity contribution is 0.154. The molecule has 0 saturated heterocycles. The maximum atomic E-state index is 3.48. The van der Waals surface area contributed by atoms with Crippen LogP contribution in [0.15, 0.2) is 24.3 Å². The number of rotatable bonds is 6. The van der Waals surface area contributed by atoms with Crippen molar-refractivity contribution in [3.05, 3.63) is 35.4 Å². The second-order valence-corrected chi connectivity index (χ2v) is 7.08. The summed E-state index contributed by atoms with van der Waals surface area (Å²) in [6.07, 6.45) is 1.10. The lowest BCUT2D eigenvalue weighted by Gasteiger charge is -2.36. The van der Waals surface area contributed by atoms with Crippen LogP contribution in [0.1, 0.15) is 51.8 Å². The molecule has 1 N–H and O–H groups in total. The lowest BCUT2D eigenvalue weighted by Crippen LogP contribution is -2.43. The van der Waals surface area contributed by atoms with Gasteiger partial charge < -0.3 is 10.2 Å². The van der Waals surface area contributed by atoms with E-state index in [9.17, 15) is 0 Å². The molecule has 0 spiro atoms. The minimum absolute atomic E-state index is 0.327. The van der Waals surface area contributed by atoms with Crippen molar-refractivity contribution in [2.45, 2.75) is 53.1 Å². The molecule has 0 aliphatic heterocycles. The second-order valence-electron chi connectivity index (χ2n) is 7.08. The van der Waals surface area contributed by atoms with Crippen LogP contribution in [0, 0.1) is 5.41 Å². The molecule has 0 amide bonds. The molecule has 0 fully saturated rings. The quantitative estimate of drug-likeness (QED) is 0.848. The molecule has 0 aliphatic rings. The molecule has 1 aromatic carbocycles. The fourth-order valence-corrected chi connectivity index (χ4v) is 2.79. The Kier molecular flexibility index (Phi) is 6.22. The summed E-state index contributed by atoms with van der Waals surface area (Å²) in [4.78, 5) is 2.45. The summed E-state index contributed by atoms with van der Waals surface area (Å²) in [6.45, 7) is 12.5. The molecule has 0 bridgehead atoms. The van der Waals surface area contributed by atoms with E-state index < -0.39 is 0 Å². The summed E-state index contributed by atoms with van der Waals surface area (Å²) in [5.41, 5.74) is 3.10. The highest BCUT2D eigenvalue weighted by Gasteiger charge is 2.24. The van der Waals surface area contributed by atoms with Gasteiger partial charge in [-0.05, 0) is 44.0 Å². The molecule has 2 unspecified atom stereocenters. The maximum absolute atomic E-state index is 3.48. The van der Waals surface area contributed by atoms with E-state index in [1.165, 1.54) is 11.1 Å². The van der Waals surface area contributed by atoms with Crippen molar-refractivity contribution < 1.29 is 0 Å². The van der Waals surface area contributed by atoms with Crippen LogP contribution in [0.5, 0.6) is 0 Å². The van der Waals surface area contributed by atoms with Crippen molar-refractivity contribution in [2.24, 2.45) is 5.41 Å². The van der Waals surface area contributed by atoms with Gasteiger partial charge in [-0.1, -0.05) is 52.0 Å². The van der Waals surface area contributed by atoms with E-state index in [0.717, 1.165) is 13.0 Å². The highest BCUT2D eigenvalue weighted by Crippen LogP contribution is 2.23. The highest BCUT2D eigenvalue weighted by molar-refractivity contribution is 5.26. The standard InChI is InChI=1S/C18H32N2/c1-8-15-9-11-16(12-10-15)17(19-6)14(2)20(7)13-18(3,4)5/h9-12,14,17,19H,8,13H2,1-7H3. The molecule has 20 heavy (non-hydrogen) atoms. The van der Waals surface area contributed by atoms with Crippen LogP contribution in [0.4, 0.5) is 0 Å². The number of aryl methyl sites for hydroxylation is 1. The molecule has 114 valence electrons. The molecule has 0 radical (unpaired) electrons. The largest absolute Gasteiger partial charge is 0.312 e. The van der Waals surface area contributed by atoms with E-state index in [-0.39, 0.29) is 0 Å². The van der Waals surface area contributed by atoms with Gasteiger partial charge in [-0.2, -0.15) is 0 Å². The third-order valence-electron chi connectivity index (χ3n) is 3.96. The number of likely N-dealkylation sites (N-methyl/N-ethyl adjacent to an activating group) is 2. The van der Waals surface area contributed by atoms with E-state index in [2.05, 4.69) is 83.2 Å². The van der Waals surface area contributed by atoms with E-state index in [4.69, 9.17) is 0 Å². The Morgan fingerprint density at radius 2 is 1.70 bits per heavy atom. The van der Waals surface area contributed by atoms with Crippen molar-refractivity contribution in [1.29, 1.82) is 0 Å². The van der Waals surface area contributed by atoms with Crippen LogP contribution in [0.3, 0.4) is 0 Å². The summed E-state index contributed by atoms with van der Waals surface area (Å²) in [6, 6.07) is 9.86. The van der Waals surface area contributed by atoms with Crippen LogP contribution >= 0.6 is 0 Å². The molecule has 0 heterocycles. The van der Waals surface area contributed by atoms with Gasteiger partial charge in [-0.15, -0.1) is 0 Å². The molecular formula is C18H32N2. The first-order valence-corrected chi connectivity index (χ1v) is 7.75. The first kappa shape index (κ1) is 17.2. The van der Waals surface area contributed by atoms with Crippen LogP contribution in [0.25, 0.3) is 0 Å². The van der Waals surface area contributed by atoms with Crippen molar-refractivity contribution >= 4 is 0 Å². The third-order valence-corrected chi connectivity index (χ3v) is 3.96. The Morgan fingerprint density at radius 3 is 2.10 bits per heavy atom. The van der Waals surface area contributed by atoms with Crippen LogP contribution in [0.2, 0.25) is 0 Å². The second kappa shape index (κ2) is 7.24. The van der Waals surface area contributed by atoms with E-state index in [1.54, 1.807) is 0 Å². The smallest absolute Gasteiger partial charge is 0.0472 e. The number of hydrogen-bond donors (Lipinski definition) is 1. The average Bonchev–Trinajstić information content (AvgIpc) is 2.38. The average molecular weight is 276 g/mol. The van der Waals surface area contributed by atoms with Gasteiger partial charge in [0.05, 0.1) is 0 Å². The SMILES string of the molecule is CCc1ccc(C(NC)C(C)N(C)CC(C)(C)C)cc1. The Labute approximate surface area is 125 Å². The van der Waals surface area contributed by atoms with Gasteiger partial charge in [0.1, 0.15) is 0 Å². The Hall–Kier alpha value is -0.860. The van der Waals surface area contributed by atoms with Gasteiger partial charge in [0.15, 0.2) is 0 Å². The molecule has 2 heteroatoms. The number of nitrogens with zero attached hydrogens (tertiary/aromatic N) is 1. The number of nitrogens with one attached hydrogen (secondary N) is 1. The van der Waals surface area contributed by atoms with E-state index >= 15 is 0 Å². The molecule has 2 atom stereocenters. The Bertz CT molecular complexity index is 389. The Balaban J connectivity index is 2.82. The summed E-state index contributed by atoms with van der Waals surface area (Å²) >= 11 is 0. The number of hydrogen-bond acceptors (Lipinski definition) is 2. The van der Waals surface area contributed by atoms with Gasteiger partial charge in [0.2, 0.25) is 0 Å². The molecule has 1 rings (SSSR count). The van der Waals surface area contributed by atoms with Crippen molar-refractivity contribution in [2.75, 3.05) is 20.6 Å². The van der Waals surface area contributed by atoms with Gasteiger partial charge in [-0.25, -0.2) is 0 Å². The predicted molar refractivity (Wildman–Crippen MR) is 89.2 cm³/mol. The fraction of sp³-hybridized carbons (Fsp3) is 0.667. The van der Waals surface area contributed by atoms with Gasteiger partial charge in [-0.3, -0.25) is 0 Å². The first-order valence-electron chi connectivity index (χ1n) is 7.75. The zero-order valence-electron chi connectivity index (χ0n) is 14.3. The molecular weight excluding hydrogens is 244 g/mol. The zero-order chi connectivity index (χ0) is 15.3. The zero-order valence-corrected chi connectivity index (χ0v) is 14.3. The minimum Gasteiger partial charge on any atom is -0.312 e. The highest BCUT2D eigenvalue weighted by atomic mass is 15.2.